The van der Waals surface area contributed by atoms with Gasteiger partial charge in [-0.1, -0.05) is 0 Å². The summed E-state index contributed by atoms with van der Waals surface area (Å²) in [7, 11) is 5.70. The van der Waals surface area contributed by atoms with Gasteiger partial charge in [-0.3, -0.25) is 9.59 Å². The average Bonchev–Trinajstić information content (AvgIpc) is 2.68. The molecule has 0 spiro atoms. The first-order chi connectivity index (χ1) is 13.9. The molecule has 154 valence electrons. The van der Waals surface area contributed by atoms with Crippen LogP contribution in [-0.4, -0.2) is 74.0 Å². The van der Waals surface area contributed by atoms with Gasteiger partial charge in [0.15, 0.2) is 0 Å². The molecule has 0 saturated heterocycles. The molecule has 29 heavy (non-hydrogen) atoms. The molecule has 1 aliphatic carbocycles. The van der Waals surface area contributed by atoms with Crippen LogP contribution in [0.15, 0.2) is 24.3 Å². The number of phenols is 2. The van der Waals surface area contributed by atoms with E-state index in [1.807, 2.05) is 26.0 Å². The highest BCUT2D eigenvalue weighted by molar-refractivity contribution is 6.33. The Morgan fingerprint density at radius 2 is 1.24 bits per heavy atom. The van der Waals surface area contributed by atoms with Gasteiger partial charge in [0.05, 0.1) is 22.3 Å². The molecular formula is C21H26N4O4. The third kappa shape index (κ3) is 3.90. The molecule has 0 bridgehead atoms. The van der Waals surface area contributed by atoms with Crippen LogP contribution in [0, 0.1) is 0 Å². The van der Waals surface area contributed by atoms with Crippen molar-refractivity contribution in [2.75, 3.05) is 58.0 Å². The number of fused-ring (bicyclic) bond motifs is 2. The first kappa shape index (κ1) is 20.6. The number of hydrogen-bond acceptors (Lipinski definition) is 8. The fourth-order valence-electron chi connectivity index (χ4n) is 3.40. The smallest absolute Gasteiger partial charge is 0.200 e. The van der Waals surface area contributed by atoms with Crippen LogP contribution in [0.25, 0.3) is 0 Å². The topological polar surface area (TPSA) is 114 Å². The van der Waals surface area contributed by atoms with E-state index in [0.29, 0.717) is 31.0 Å². The molecule has 0 saturated carbocycles. The minimum Gasteiger partial charge on any atom is -0.507 e. The van der Waals surface area contributed by atoms with Crippen molar-refractivity contribution in [3.05, 3.63) is 46.5 Å². The normalized spacial score (nSPS) is 12.7. The van der Waals surface area contributed by atoms with Gasteiger partial charge in [0.2, 0.25) is 11.6 Å². The molecule has 8 heteroatoms. The second-order valence-corrected chi connectivity index (χ2v) is 7.18. The minimum atomic E-state index is -0.494. The number of phenolic OH excluding ortho intramolecular Hbond substituents is 2. The summed E-state index contributed by atoms with van der Waals surface area (Å²) in [6, 6.07) is 5.95. The van der Waals surface area contributed by atoms with Crippen LogP contribution >= 0.6 is 0 Å². The van der Waals surface area contributed by atoms with Crippen molar-refractivity contribution in [2.24, 2.45) is 0 Å². The molecule has 0 radical (unpaired) electrons. The van der Waals surface area contributed by atoms with E-state index in [1.165, 1.54) is 12.1 Å². The lowest BCUT2D eigenvalue weighted by Gasteiger charge is -2.25. The summed E-state index contributed by atoms with van der Waals surface area (Å²) in [5, 5.41) is 29.9. The summed E-state index contributed by atoms with van der Waals surface area (Å²) in [6.07, 6.45) is 0. The average molecular weight is 398 g/mol. The molecule has 2 aromatic rings. The van der Waals surface area contributed by atoms with E-state index in [4.69, 9.17) is 0 Å². The van der Waals surface area contributed by atoms with E-state index >= 15 is 0 Å². The van der Waals surface area contributed by atoms with Crippen LogP contribution in [-0.2, 0) is 0 Å². The minimum absolute atomic E-state index is 0.162. The number of nitrogens with one attached hydrogen (secondary N) is 3. The van der Waals surface area contributed by atoms with Crippen molar-refractivity contribution in [3.63, 3.8) is 0 Å². The molecule has 0 aliphatic heterocycles. The summed E-state index contributed by atoms with van der Waals surface area (Å²) in [5.74, 6) is -1.64. The first-order valence-corrected chi connectivity index (χ1v) is 9.45. The summed E-state index contributed by atoms with van der Waals surface area (Å²) in [5.41, 5.74) is 1.12. The Bertz CT molecular complexity index is 956. The van der Waals surface area contributed by atoms with Gasteiger partial charge in [-0.05, 0) is 45.4 Å². The highest BCUT2D eigenvalue weighted by Crippen LogP contribution is 2.42. The van der Waals surface area contributed by atoms with Crippen molar-refractivity contribution in [1.29, 1.82) is 0 Å². The van der Waals surface area contributed by atoms with Crippen LogP contribution in [0.1, 0.15) is 31.8 Å². The van der Waals surface area contributed by atoms with Gasteiger partial charge in [-0.25, -0.2) is 0 Å². The molecule has 8 nitrogen and oxygen atoms in total. The third-order valence-corrected chi connectivity index (χ3v) is 4.84. The van der Waals surface area contributed by atoms with Crippen LogP contribution in [0.2, 0.25) is 0 Å². The van der Waals surface area contributed by atoms with Gasteiger partial charge in [-0.2, -0.15) is 0 Å². The third-order valence-electron chi connectivity index (χ3n) is 4.84. The zero-order valence-electron chi connectivity index (χ0n) is 16.8. The highest BCUT2D eigenvalue weighted by atomic mass is 16.3. The van der Waals surface area contributed by atoms with Gasteiger partial charge in [0.1, 0.15) is 11.5 Å². The lowest BCUT2D eigenvalue weighted by molar-refractivity contribution is 0.0975. The number of carbonyl (C=O) groups excluding carboxylic acids is 2. The van der Waals surface area contributed by atoms with Gasteiger partial charge < -0.3 is 31.1 Å². The van der Waals surface area contributed by atoms with Crippen molar-refractivity contribution >= 4 is 22.9 Å². The van der Waals surface area contributed by atoms with Crippen LogP contribution in [0.3, 0.4) is 0 Å². The van der Waals surface area contributed by atoms with E-state index in [9.17, 15) is 19.8 Å². The standard InChI is InChI=1S/C21H26N4O4/c1-22-8-9-23-12-4-5-13(24-10-11-25(2)3)17-16(12)20(28)18-14(26)6-7-15(27)19(18)21(17)29/h4-7,22-24,26-27H,8-11H2,1-3H3. The maximum Gasteiger partial charge on any atom is 0.200 e. The summed E-state index contributed by atoms with van der Waals surface area (Å²) in [4.78, 5) is 28.6. The predicted octanol–water partition coefficient (Wildman–Crippen LogP) is 1.48. The summed E-state index contributed by atoms with van der Waals surface area (Å²) < 4.78 is 0. The predicted molar refractivity (Wildman–Crippen MR) is 113 cm³/mol. The SMILES string of the molecule is CNCCNc1ccc(NCCN(C)C)c2c1C(=O)c1c(O)ccc(O)c1C2=O. The van der Waals surface area contributed by atoms with Gasteiger partial charge >= 0.3 is 0 Å². The van der Waals surface area contributed by atoms with Gasteiger partial charge in [0.25, 0.3) is 0 Å². The largest absolute Gasteiger partial charge is 0.507 e. The van der Waals surface area contributed by atoms with Crippen molar-refractivity contribution in [2.45, 2.75) is 0 Å². The molecule has 5 N–H and O–H groups in total. The van der Waals surface area contributed by atoms with Crippen LogP contribution in [0.5, 0.6) is 11.5 Å². The first-order valence-electron chi connectivity index (χ1n) is 9.45. The number of rotatable bonds is 8. The maximum atomic E-state index is 13.3. The van der Waals surface area contributed by atoms with Gasteiger partial charge in [0, 0.05) is 37.6 Å². The number of benzene rings is 2. The Morgan fingerprint density at radius 1 is 0.759 bits per heavy atom. The lowest BCUT2D eigenvalue weighted by Crippen LogP contribution is -2.27. The Kier molecular flexibility index (Phi) is 6.05. The van der Waals surface area contributed by atoms with E-state index in [1.54, 1.807) is 12.1 Å². The Labute approximate surface area is 169 Å². The Hall–Kier alpha value is -3.10. The Balaban J connectivity index is 2.13. The molecule has 0 amide bonds. The molecular weight excluding hydrogens is 372 g/mol. The van der Waals surface area contributed by atoms with E-state index < -0.39 is 11.6 Å². The van der Waals surface area contributed by atoms with Crippen LogP contribution < -0.4 is 16.0 Å². The fourth-order valence-corrected chi connectivity index (χ4v) is 3.40. The highest BCUT2D eigenvalue weighted by Gasteiger charge is 2.37. The molecule has 0 unspecified atom stereocenters. The van der Waals surface area contributed by atoms with Crippen molar-refractivity contribution < 1.29 is 19.8 Å². The van der Waals surface area contributed by atoms with Gasteiger partial charge in [-0.15, -0.1) is 0 Å². The monoisotopic (exact) mass is 398 g/mol. The molecule has 0 fully saturated rings. The number of anilines is 2. The quantitative estimate of drug-likeness (QED) is 0.286. The lowest BCUT2D eigenvalue weighted by atomic mass is 9.81. The number of aromatic hydroxyl groups is 2. The molecule has 2 aromatic carbocycles. The molecule has 0 atom stereocenters. The molecule has 1 aliphatic rings. The van der Waals surface area contributed by atoms with Crippen LogP contribution in [0.4, 0.5) is 11.4 Å². The molecule has 0 aromatic heterocycles. The molecule has 3 rings (SSSR count). The van der Waals surface area contributed by atoms with Crippen molar-refractivity contribution in [3.8, 4) is 11.5 Å². The zero-order valence-corrected chi connectivity index (χ0v) is 16.8. The molecule has 0 heterocycles. The number of ketones is 2. The second kappa shape index (κ2) is 8.50. The zero-order chi connectivity index (χ0) is 21.1. The number of likely N-dealkylation sites (N-methyl/N-ethyl adjacent to an activating group) is 2. The Morgan fingerprint density at radius 3 is 1.69 bits per heavy atom. The van der Waals surface area contributed by atoms with E-state index in [-0.39, 0.29) is 33.8 Å². The second-order valence-electron chi connectivity index (χ2n) is 7.18. The maximum absolute atomic E-state index is 13.3. The number of hydrogen-bond donors (Lipinski definition) is 5. The summed E-state index contributed by atoms with van der Waals surface area (Å²) in [6.45, 7) is 2.53. The summed E-state index contributed by atoms with van der Waals surface area (Å²) >= 11 is 0. The number of nitrogens with zero attached hydrogens (tertiary/aromatic N) is 1. The number of carbonyl (C=O) groups is 2. The van der Waals surface area contributed by atoms with E-state index in [0.717, 1.165) is 6.54 Å². The van der Waals surface area contributed by atoms with Crippen molar-refractivity contribution in [1.82, 2.24) is 10.2 Å². The fraction of sp³-hybridized carbons (Fsp3) is 0.333. The van der Waals surface area contributed by atoms with E-state index in [2.05, 4.69) is 16.0 Å².